The Morgan fingerprint density at radius 2 is 1.61 bits per heavy atom. The summed E-state index contributed by atoms with van der Waals surface area (Å²) >= 11 is 1.59. The van der Waals surface area contributed by atoms with E-state index in [0.29, 0.717) is 34.6 Å². The number of hydrogen-bond donors (Lipinski definition) is 5. The molecule has 2 aromatic carbocycles. The van der Waals surface area contributed by atoms with E-state index in [9.17, 15) is 24.6 Å². The number of nitrogens with one attached hydrogen (secondary N) is 2. The van der Waals surface area contributed by atoms with Crippen LogP contribution in [0.5, 0.6) is 5.75 Å². The van der Waals surface area contributed by atoms with Crippen molar-refractivity contribution in [2.24, 2.45) is 16.7 Å². The van der Waals surface area contributed by atoms with Crippen molar-refractivity contribution in [3.8, 4) is 38.6 Å². The summed E-state index contributed by atoms with van der Waals surface area (Å²) in [5.41, 5.74) is 13.5. The van der Waals surface area contributed by atoms with Gasteiger partial charge in [-0.1, -0.05) is 57.2 Å². The molecule has 3 aromatic heterocycles. The van der Waals surface area contributed by atoms with Crippen molar-refractivity contribution < 1.29 is 24.6 Å². The first kappa shape index (κ1) is 46.4. The molecule has 354 valence electrons. The van der Waals surface area contributed by atoms with E-state index in [-0.39, 0.29) is 48.4 Å². The van der Waals surface area contributed by atoms with Gasteiger partial charge in [0.25, 0.3) is 0 Å². The minimum absolute atomic E-state index is 0.0351. The Kier molecular flexibility index (Phi) is 13.0. The van der Waals surface area contributed by atoms with Crippen LogP contribution in [0.2, 0.25) is 0 Å². The number of amides is 3. The fraction of sp³-hybridized carbons (Fsp3) is 0.510. The molecule has 0 bridgehead atoms. The van der Waals surface area contributed by atoms with Gasteiger partial charge >= 0.3 is 0 Å². The molecule has 5 aromatic rings. The van der Waals surface area contributed by atoms with Gasteiger partial charge in [-0.2, -0.15) is 5.10 Å². The first-order valence-electron chi connectivity index (χ1n) is 23.9. The van der Waals surface area contributed by atoms with Crippen molar-refractivity contribution in [1.29, 1.82) is 0 Å². The lowest BCUT2D eigenvalue weighted by molar-refractivity contribution is -0.145. The highest BCUT2D eigenvalue weighted by atomic mass is 32.1. The predicted octanol–water partition coefficient (Wildman–Crippen LogP) is 7.07. The number of likely N-dealkylation sites (tertiary alicyclic amines) is 2. The number of aromatic nitrogens is 5. The molecule has 2 aliphatic heterocycles. The van der Waals surface area contributed by atoms with Crippen LogP contribution in [0.4, 0.5) is 5.82 Å². The number of phenols is 1. The highest BCUT2D eigenvalue weighted by Gasteiger charge is 2.49. The number of thiazole rings is 1. The lowest BCUT2D eigenvalue weighted by Crippen LogP contribution is -2.61. The van der Waals surface area contributed by atoms with E-state index >= 15 is 0 Å². The Morgan fingerprint density at radius 3 is 2.28 bits per heavy atom. The standard InChI is InChI=1S/C51H64N10O5S/c1-30(32-10-12-33(13-11-32)44-31(2)53-29-67-44)55-48(65)42-22-38(62)26-60(42)49(66)45(50(3,4)5)56-47(64)34-14-16-36(17-15-34)59-27-51(28-59)20-18-37(19-21-51)61-25-35(24-54-61)40-23-41(57-58-46(40)52)39-8-6-7-9-43(39)63/h6-13,23-25,29-30,34,36-38,42,45,62-63H,14-22,26-28H2,1-5H3,(H2,52,58)(H,55,65)(H,56,64). The van der Waals surface area contributed by atoms with Crippen LogP contribution in [-0.2, 0) is 14.4 Å². The minimum Gasteiger partial charge on any atom is -0.507 e. The highest BCUT2D eigenvalue weighted by molar-refractivity contribution is 7.13. The average molecular weight is 929 g/mol. The normalized spacial score (nSPS) is 23.1. The van der Waals surface area contributed by atoms with Crippen molar-refractivity contribution in [2.45, 2.75) is 129 Å². The second kappa shape index (κ2) is 18.8. The fourth-order valence-corrected chi connectivity index (χ4v) is 11.8. The second-order valence-corrected chi connectivity index (χ2v) is 21.6. The third kappa shape index (κ3) is 9.70. The van der Waals surface area contributed by atoms with Gasteiger partial charge in [0.1, 0.15) is 17.8 Å². The Hall–Kier alpha value is -5.71. The molecule has 4 unspecified atom stereocenters. The maximum Gasteiger partial charge on any atom is 0.246 e. The molecule has 4 aliphatic rings. The number of nitrogens with two attached hydrogens (primary N) is 1. The number of nitrogens with zero attached hydrogens (tertiary/aromatic N) is 7. The molecule has 6 N–H and O–H groups in total. The summed E-state index contributed by atoms with van der Waals surface area (Å²) in [5, 5.41) is 40.5. The Bertz CT molecular complexity index is 2580. The summed E-state index contributed by atoms with van der Waals surface area (Å²) in [7, 11) is 0. The van der Waals surface area contributed by atoms with Crippen LogP contribution >= 0.6 is 11.3 Å². The number of rotatable bonds is 11. The van der Waals surface area contributed by atoms with Crippen LogP contribution in [0, 0.1) is 23.7 Å². The number of hydrogen-bond acceptors (Lipinski definition) is 12. The summed E-state index contributed by atoms with van der Waals surface area (Å²) in [6.07, 6.45) is 10.9. The molecule has 15 nitrogen and oxygen atoms in total. The van der Waals surface area contributed by atoms with E-state index < -0.39 is 23.6 Å². The largest absolute Gasteiger partial charge is 0.507 e. The highest BCUT2D eigenvalue weighted by Crippen LogP contribution is 2.49. The van der Waals surface area contributed by atoms with Crippen LogP contribution in [0.1, 0.15) is 109 Å². The van der Waals surface area contributed by atoms with Gasteiger partial charge in [-0.25, -0.2) is 4.98 Å². The lowest BCUT2D eigenvalue weighted by atomic mass is 9.66. The Labute approximate surface area is 396 Å². The molecule has 0 radical (unpaired) electrons. The maximum atomic E-state index is 14.4. The molecular weight excluding hydrogens is 865 g/mol. The van der Waals surface area contributed by atoms with Crippen molar-refractivity contribution in [1.82, 2.24) is 45.4 Å². The number of nitrogen functional groups attached to an aromatic ring is 1. The van der Waals surface area contributed by atoms with Crippen molar-refractivity contribution >= 4 is 34.9 Å². The van der Waals surface area contributed by atoms with Crippen LogP contribution in [0.25, 0.3) is 32.8 Å². The zero-order chi connectivity index (χ0) is 47.2. The number of aryl methyl sites for hydroxylation is 1. The van der Waals surface area contributed by atoms with Gasteiger partial charge in [0.2, 0.25) is 17.7 Å². The zero-order valence-corrected chi connectivity index (χ0v) is 40.0. The first-order valence-corrected chi connectivity index (χ1v) is 24.7. The molecule has 5 heterocycles. The fourth-order valence-electron chi connectivity index (χ4n) is 11.0. The number of carbonyl (C=O) groups excluding carboxylic acids is 3. The van der Waals surface area contributed by atoms with E-state index in [4.69, 9.17) is 10.8 Å². The molecule has 1 spiro atoms. The van der Waals surface area contributed by atoms with E-state index in [1.165, 1.54) is 4.90 Å². The van der Waals surface area contributed by atoms with E-state index in [1.54, 1.807) is 29.5 Å². The summed E-state index contributed by atoms with van der Waals surface area (Å²) in [6, 6.07) is 15.7. The van der Waals surface area contributed by atoms with E-state index in [2.05, 4.69) is 35.4 Å². The van der Waals surface area contributed by atoms with Crippen molar-refractivity contribution in [3.63, 3.8) is 0 Å². The Morgan fingerprint density at radius 1 is 0.896 bits per heavy atom. The number of para-hydroxylation sites is 1. The molecule has 4 fully saturated rings. The smallest absolute Gasteiger partial charge is 0.246 e. The van der Waals surface area contributed by atoms with Crippen LogP contribution in [-0.4, -0.2) is 107 Å². The predicted molar refractivity (Wildman–Crippen MR) is 258 cm³/mol. The molecular formula is C51H64N10O5S. The SMILES string of the molecule is Cc1ncsc1-c1ccc(C(C)NC(=O)C2CC(O)CN2C(=O)C(NC(=O)C2CCC(N3CC4(CCC(n5cc(-c6cc(-c7ccccc7O)nnc6N)cn5)CC4)C3)CC2)C(C)(C)C)cc1. The van der Waals surface area contributed by atoms with Gasteiger partial charge in [-0.05, 0) is 105 Å². The Balaban J connectivity index is 0.746. The zero-order valence-electron chi connectivity index (χ0n) is 39.2. The molecule has 67 heavy (non-hydrogen) atoms. The second-order valence-electron chi connectivity index (χ2n) is 20.7. The minimum atomic E-state index is -0.856. The number of aliphatic hydroxyl groups is 1. The number of benzene rings is 2. The molecule has 2 saturated carbocycles. The van der Waals surface area contributed by atoms with Gasteiger partial charge in [-0.3, -0.25) is 24.0 Å². The van der Waals surface area contributed by atoms with Gasteiger partial charge in [0.15, 0.2) is 5.82 Å². The van der Waals surface area contributed by atoms with Gasteiger partial charge in [0.05, 0.1) is 46.2 Å². The average Bonchev–Trinajstić information content (AvgIpc) is 4.07. The van der Waals surface area contributed by atoms with E-state index in [0.717, 1.165) is 97.3 Å². The monoisotopic (exact) mass is 928 g/mol. The first-order chi connectivity index (χ1) is 32.1. The van der Waals surface area contributed by atoms with E-state index in [1.807, 2.05) is 88.9 Å². The third-order valence-electron chi connectivity index (χ3n) is 15.0. The summed E-state index contributed by atoms with van der Waals surface area (Å²) in [6.45, 7) is 11.9. The van der Waals surface area contributed by atoms with Gasteiger partial charge in [-0.15, -0.1) is 21.5 Å². The molecule has 3 amide bonds. The number of aromatic hydroxyl groups is 1. The summed E-state index contributed by atoms with van der Waals surface area (Å²) < 4.78 is 2.07. The third-order valence-corrected chi connectivity index (χ3v) is 16.0. The molecule has 2 saturated heterocycles. The van der Waals surface area contributed by atoms with Gasteiger partial charge in [0, 0.05) is 60.9 Å². The molecule has 16 heteroatoms. The molecule has 9 rings (SSSR count). The van der Waals surface area contributed by atoms with Crippen LogP contribution in [0.3, 0.4) is 0 Å². The van der Waals surface area contributed by atoms with Crippen LogP contribution < -0.4 is 16.4 Å². The number of carbonyl (C=O) groups is 3. The van der Waals surface area contributed by atoms with Gasteiger partial charge < -0.3 is 31.5 Å². The van der Waals surface area contributed by atoms with Crippen LogP contribution in [0.15, 0.2) is 72.5 Å². The molecule has 2 aliphatic carbocycles. The number of aliphatic hydroxyl groups excluding tert-OH is 1. The summed E-state index contributed by atoms with van der Waals surface area (Å²) in [4.78, 5) is 51.7. The van der Waals surface area contributed by atoms with Crippen molar-refractivity contribution in [3.05, 3.63) is 83.8 Å². The number of β-amino-alcohol motifs (C(OH)–C–C–N with tert-alkyl or cyclic N) is 1. The summed E-state index contributed by atoms with van der Waals surface area (Å²) in [5.74, 6) is -0.516. The number of phenolic OH excluding ortho intramolecular Hbond substituents is 1. The lowest BCUT2D eigenvalue weighted by Gasteiger charge is -2.57. The quantitative estimate of drug-likeness (QED) is 0.0906. The molecule has 4 atom stereocenters. The topological polar surface area (TPSA) is 205 Å². The van der Waals surface area contributed by atoms with Crippen molar-refractivity contribution in [2.75, 3.05) is 25.4 Å². The maximum absolute atomic E-state index is 14.4. The number of anilines is 1.